The van der Waals surface area contributed by atoms with Crippen LogP contribution in [0.1, 0.15) is 12.8 Å². The smallest absolute Gasteiger partial charge is 0.331 e. The Hall–Kier alpha value is 0.860. The summed E-state index contributed by atoms with van der Waals surface area (Å²) in [4.78, 5) is 21.3. The van der Waals surface area contributed by atoms with Gasteiger partial charge in [0.05, 0.1) is 0 Å². The molecule has 0 heterocycles. The number of rotatable bonds is 5. The van der Waals surface area contributed by atoms with E-state index in [4.69, 9.17) is 10.2 Å². The summed E-state index contributed by atoms with van der Waals surface area (Å²) in [7, 11) is 0. The lowest BCUT2D eigenvalue weighted by Gasteiger charge is -2.20. The molecule has 0 aromatic heterocycles. The first-order chi connectivity index (χ1) is 6.09. The molecule has 0 aliphatic rings. The number of alkyl halides is 4. The first kappa shape index (κ1) is 14.9. The average molecular weight is 462 g/mol. The number of carboxylic acids is 2. The molecule has 4 nitrogen and oxygen atoms in total. The largest absolute Gasteiger partial charge is 0.480 e. The van der Waals surface area contributed by atoms with Crippen LogP contribution in [0.4, 0.5) is 0 Å². The standard InChI is InChI=1S/C6H6Br4O4/c7-5(8,3(11)12)1-2-6(9,10)4(13)14/h1-2H2,(H,11,12)(H,13,14). The van der Waals surface area contributed by atoms with Crippen molar-refractivity contribution in [1.29, 1.82) is 0 Å². The molecule has 0 amide bonds. The maximum Gasteiger partial charge on any atom is 0.331 e. The molecule has 14 heavy (non-hydrogen) atoms. The third-order valence-corrected chi connectivity index (χ3v) is 4.32. The number of halogens is 4. The Labute approximate surface area is 114 Å². The summed E-state index contributed by atoms with van der Waals surface area (Å²) in [6.45, 7) is 0. The van der Waals surface area contributed by atoms with Crippen molar-refractivity contribution in [3.63, 3.8) is 0 Å². The summed E-state index contributed by atoms with van der Waals surface area (Å²) in [5.74, 6) is -2.20. The van der Waals surface area contributed by atoms with Gasteiger partial charge in [-0.25, -0.2) is 9.59 Å². The van der Waals surface area contributed by atoms with Crippen LogP contribution in [-0.2, 0) is 9.59 Å². The van der Waals surface area contributed by atoms with E-state index in [0.29, 0.717) is 0 Å². The van der Waals surface area contributed by atoms with E-state index in [9.17, 15) is 9.59 Å². The van der Waals surface area contributed by atoms with E-state index >= 15 is 0 Å². The van der Waals surface area contributed by atoms with E-state index < -0.39 is 18.4 Å². The molecule has 0 atom stereocenters. The molecule has 0 saturated carbocycles. The number of carbonyl (C=O) groups is 2. The fraction of sp³-hybridized carbons (Fsp3) is 0.667. The minimum atomic E-state index is -1.29. The molecule has 0 rings (SSSR count). The van der Waals surface area contributed by atoms with Crippen LogP contribution in [0.25, 0.3) is 0 Å². The predicted octanol–water partition coefficient (Wildman–Crippen LogP) is 2.91. The van der Waals surface area contributed by atoms with E-state index in [1.54, 1.807) is 0 Å². The van der Waals surface area contributed by atoms with E-state index in [1.165, 1.54) is 0 Å². The maximum absolute atomic E-state index is 10.6. The molecule has 0 aliphatic carbocycles. The normalized spacial score (nSPS) is 12.6. The third-order valence-electron chi connectivity index (χ3n) is 1.38. The summed E-state index contributed by atoms with van der Waals surface area (Å²) in [6, 6.07) is 0. The average Bonchev–Trinajstić information content (AvgIpc) is 2.01. The van der Waals surface area contributed by atoms with Crippen molar-refractivity contribution in [2.75, 3.05) is 0 Å². The van der Waals surface area contributed by atoms with Gasteiger partial charge < -0.3 is 10.2 Å². The number of hydrogen-bond donors (Lipinski definition) is 2. The van der Waals surface area contributed by atoms with Crippen molar-refractivity contribution >= 4 is 75.7 Å². The van der Waals surface area contributed by atoms with E-state index in [2.05, 4.69) is 63.7 Å². The van der Waals surface area contributed by atoms with Gasteiger partial charge in [-0.15, -0.1) is 0 Å². The Balaban J connectivity index is 4.32. The highest BCUT2D eigenvalue weighted by molar-refractivity contribution is 9.26. The fourth-order valence-electron chi connectivity index (χ4n) is 0.528. The van der Waals surface area contributed by atoms with Crippen LogP contribution in [0.5, 0.6) is 0 Å². The molecule has 0 aromatic rings. The monoisotopic (exact) mass is 458 g/mol. The van der Waals surface area contributed by atoms with E-state index in [0.717, 1.165) is 0 Å². The van der Waals surface area contributed by atoms with E-state index in [-0.39, 0.29) is 12.8 Å². The summed E-state index contributed by atoms with van der Waals surface area (Å²) in [5.41, 5.74) is 0. The molecule has 0 fully saturated rings. The van der Waals surface area contributed by atoms with Crippen molar-refractivity contribution in [1.82, 2.24) is 0 Å². The van der Waals surface area contributed by atoms with Gasteiger partial charge in [0.25, 0.3) is 0 Å². The van der Waals surface area contributed by atoms with E-state index in [1.807, 2.05) is 0 Å². The Bertz CT molecular complexity index is 224. The molecule has 8 heteroatoms. The molecule has 0 saturated heterocycles. The SMILES string of the molecule is O=C(O)C(Br)(Br)CCC(Br)(Br)C(=O)O. The van der Waals surface area contributed by atoms with Gasteiger partial charge in [0.1, 0.15) is 0 Å². The van der Waals surface area contributed by atoms with Gasteiger partial charge in [-0.2, -0.15) is 0 Å². The van der Waals surface area contributed by atoms with Crippen molar-refractivity contribution in [2.24, 2.45) is 0 Å². The van der Waals surface area contributed by atoms with Gasteiger partial charge in [0.2, 0.25) is 0 Å². The predicted molar refractivity (Wildman–Crippen MR) is 65.7 cm³/mol. The second-order valence-corrected chi connectivity index (χ2v) is 10.1. The molecule has 0 radical (unpaired) electrons. The van der Waals surface area contributed by atoms with Gasteiger partial charge in [0.15, 0.2) is 6.47 Å². The summed E-state index contributed by atoms with van der Waals surface area (Å²) in [5, 5.41) is 17.4. The van der Waals surface area contributed by atoms with Crippen molar-refractivity contribution in [3.05, 3.63) is 0 Å². The number of carboxylic acid groups (broad SMARTS) is 2. The first-order valence-electron chi connectivity index (χ1n) is 3.32. The van der Waals surface area contributed by atoms with Crippen LogP contribution >= 0.6 is 63.7 Å². The Kier molecular flexibility index (Phi) is 5.59. The second kappa shape index (κ2) is 5.27. The van der Waals surface area contributed by atoms with Gasteiger partial charge in [-0.1, -0.05) is 63.7 Å². The summed E-state index contributed by atoms with van der Waals surface area (Å²) in [6.07, 6.45) is 0.205. The fourth-order valence-corrected chi connectivity index (χ4v) is 1.32. The molecule has 0 spiro atoms. The number of hydrogen-bond acceptors (Lipinski definition) is 2. The van der Waals surface area contributed by atoms with Crippen LogP contribution in [0, 0.1) is 0 Å². The molecular weight excluding hydrogens is 456 g/mol. The zero-order valence-electron chi connectivity index (χ0n) is 6.64. The highest BCUT2D eigenvalue weighted by Crippen LogP contribution is 2.39. The van der Waals surface area contributed by atoms with Crippen molar-refractivity contribution in [2.45, 2.75) is 19.3 Å². The lowest BCUT2D eigenvalue weighted by atomic mass is 10.2. The van der Waals surface area contributed by atoms with Gasteiger partial charge >= 0.3 is 11.9 Å². The summed E-state index contributed by atoms with van der Waals surface area (Å²) < 4.78 is -2.58. The first-order valence-corrected chi connectivity index (χ1v) is 6.49. The highest BCUT2D eigenvalue weighted by Gasteiger charge is 2.39. The lowest BCUT2D eigenvalue weighted by Crippen LogP contribution is -2.30. The highest BCUT2D eigenvalue weighted by atomic mass is 79.9. The zero-order chi connectivity index (χ0) is 11.6. The van der Waals surface area contributed by atoms with Gasteiger partial charge in [-0.3, -0.25) is 0 Å². The van der Waals surface area contributed by atoms with Crippen LogP contribution in [0.2, 0.25) is 0 Å². The molecular formula is C6H6Br4O4. The minimum Gasteiger partial charge on any atom is -0.480 e. The molecule has 0 bridgehead atoms. The van der Waals surface area contributed by atoms with Gasteiger partial charge in [-0.05, 0) is 12.8 Å². The minimum absolute atomic E-state index is 0.102. The van der Waals surface area contributed by atoms with Crippen molar-refractivity contribution < 1.29 is 19.8 Å². The van der Waals surface area contributed by atoms with Crippen molar-refractivity contribution in [3.8, 4) is 0 Å². The molecule has 2 N–H and O–H groups in total. The van der Waals surface area contributed by atoms with Crippen LogP contribution < -0.4 is 0 Å². The number of aliphatic carboxylic acids is 2. The van der Waals surface area contributed by atoms with Crippen LogP contribution in [0.3, 0.4) is 0 Å². The molecule has 0 aliphatic heterocycles. The molecule has 82 valence electrons. The molecule has 0 unspecified atom stereocenters. The Morgan fingerprint density at radius 1 is 0.857 bits per heavy atom. The Morgan fingerprint density at radius 2 is 1.07 bits per heavy atom. The maximum atomic E-state index is 10.6. The lowest BCUT2D eigenvalue weighted by molar-refractivity contribution is -0.139. The second-order valence-electron chi connectivity index (χ2n) is 2.52. The zero-order valence-corrected chi connectivity index (χ0v) is 13.0. The molecule has 0 aromatic carbocycles. The third kappa shape index (κ3) is 4.59. The van der Waals surface area contributed by atoms with Gasteiger partial charge in [0, 0.05) is 0 Å². The van der Waals surface area contributed by atoms with Crippen LogP contribution in [-0.4, -0.2) is 28.6 Å². The Morgan fingerprint density at radius 3 is 1.21 bits per heavy atom. The van der Waals surface area contributed by atoms with Crippen LogP contribution in [0.15, 0.2) is 0 Å². The topological polar surface area (TPSA) is 74.6 Å². The quantitative estimate of drug-likeness (QED) is 0.618. The summed E-state index contributed by atoms with van der Waals surface area (Å²) >= 11 is 11.7.